The van der Waals surface area contributed by atoms with E-state index in [2.05, 4.69) is 0 Å². The fraction of sp³-hybridized carbons (Fsp3) is 0. The molecule has 0 aliphatic rings. The normalized spacial score (nSPS) is 12.1. The number of carbonyl (C=O) groups is 1. The van der Waals surface area contributed by atoms with Crippen LogP contribution in [0, 0.1) is 10.1 Å². The average Bonchev–Trinajstić information content (AvgIpc) is 2.24. The SMILES string of the molecule is O=Cc1c([N+](=O)[O-])cc(S(=O)(=O)O)c(S(=O)(=O)O)c1O. The average molecular weight is 327 g/mol. The first kappa shape index (κ1) is 16.0. The van der Waals surface area contributed by atoms with Crippen molar-refractivity contribution < 1.29 is 40.8 Å². The van der Waals surface area contributed by atoms with Gasteiger partial charge in [0.2, 0.25) is 0 Å². The van der Waals surface area contributed by atoms with E-state index in [1.165, 1.54) is 0 Å². The van der Waals surface area contributed by atoms with Gasteiger partial charge < -0.3 is 5.11 Å². The molecule has 1 rings (SSSR count). The van der Waals surface area contributed by atoms with Crippen LogP contribution in [-0.2, 0) is 20.2 Å². The number of benzene rings is 1. The fourth-order valence-corrected chi connectivity index (χ4v) is 3.23. The summed E-state index contributed by atoms with van der Waals surface area (Å²) < 4.78 is 61.6. The highest BCUT2D eigenvalue weighted by molar-refractivity contribution is 7.89. The Labute approximate surface area is 111 Å². The zero-order chi connectivity index (χ0) is 15.9. The van der Waals surface area contributed by atoms with Gasteiger partial charge in [0, 0.05) is 6.07 Å². The molecule has 0 aliphatic heterocycles. The number of rotatable bonds is 4. The summed E-state index contributed by atoms with van der Waals surface area (Å²) in [7, 11) is -10.7. The van der Waals surface area contributed by atoms with Gasteiger partial charge >= 0.3 is 0 Å². The largest absolute Gasteiger partial charge is 0.505 e. The lowest BCUT2D eigenvalue weighted by molar-refractivity contribution is -0.385. The number of aromatic hydroxyl groups is 1. The molecule has 0 amide bonds. The Bertz CT molecular complexity index is 806. The molecule has 110 valence electrons. The molecule has 1 aromatic carbocycles. The van der Waals surface area contributed by atoms with Gasteiger partial charge in [0.15, 0.2) is 16.9 Å². The first-order chi connectivity index (χ1) is 8.91. The van der Waals surface area contributed by atoms with Crippen LogP contribution >= 0.6 is 0 Å². The van der Waals surface area contributed by atoms with E-state index < -0.39 is 52.0 Å². The number of phenols is 1. The van der Waals surface area contributed by atoms with E-state index in [-0.39, 0.29) is 12.4 Å². The standard InChI is InChI=1S/C7H5NO10S2/c9-2-3-4(8(11)12)1-5(19(13,14)15)7(6(3)10)20(16,17)18/h1-2,10H,(H,13,14,15)(H,16,17,18). The number of hydrogen-bond donors (Lipinski definition) is 3. The molecule has 0 unspecified atom stereocenters. The molecule has 0 radical (unpaired) electrons. The van der Waals surface area contributed by atoms with Crippen molar-refractivity contribution >= 4 is 32.2 Å². The second-order valence-electron chi connectivity index (χ2n) is 3.31. The molecule has 0 atom stereocenters. The van der Waals surface area contributed by atoms with Crippen molar-refractivity contribution in [2.75, 3.05) is 0 Å². The predicted octanol–water partition coefficient (Wildman–Crippen LogP) is -0.394. The second-order valence-corrected chi connectivity index (χ2v) is 6.06. The van der Waals surface area contributed by atoms with Gasteiger partial charge in [-0.1, -0.05) is 0 Å². The molecule has 0 saturated heterocycles. The molecule has 1 aromatic rings. The van der Waals surface area contributed by atoms with Crippen LogP contribution in [0.1, 0.15) is 10.4 Å². The van der Waals surface area contributed by atoms with Crippen molar-refractivity contribution in [1.29, 1.82) is 0 Å². The van der Waals surface area contributed by atoms with Gasteiger partial charge in [-0.2, -0.15) is 16.8 Å². The molecule has 0 aliphatic carbocycles. The lowest BCUT2D eigenvalue weighted by Gasteiger charge is -2.08. The molecule has 20 heavy (non-hydrogen) atoms. The Morgan fingerprint density at radius 1 is 1.15 bits per heavy atom. The number of nitrogens with zero attached hydrogens (tertiary/aromatic N) is 1. The summed E-state index contributed by atoms with van der Waals surface area (Å²) in [4.78, 5) is 16.6. The van der Waals surface area contributed by atoms with Gasteiger partial charge in [0.25, 0.3) is 25.9 Å². The summed E-state index contributed by atoms with van der Waals surface area (Å²) in [6, 6.07) is 0.0297. The number of carbonyl (C=O) groups excluding carboxylic acids is 1. The van der Waals surface area contributed by atoms with E-state index in [1.54, 1.807) is 0 Å². The van der Waals surface area contributed by atoms with E-state index >= 15 is 0 Å². The third-order valence-corrected chi connectivity index (χ3v) is 4.02. The number of nitro groups is 1. The van der Waals surface area contributed by atoms with Crippen LogP contribution in [0.15, 0.2) is 15.9 Å². The molecular weight excluding hydrogens is 322 g/mol. The Kier molecular flexibility index (Phi) is 3.82. The van der Waals surface area contributed by atoms with Crippen LogP contribution in [0.4, 0.5) is 5.69 Å². The summed E-state index contributed by atoms with van der Waals surface area (Å²) in [5, 5.41) is 20.1. The van der Waals surface area contributed by atoms with Crippen LogP contribution in [0.3, 0.4) is 0 Å². The van der Waals surface area contributed by atoms with E-state index in [4.69, 9.17) is 9.11 Å². The summed E-state index contributed by atoms with van der Waals surface area (Å²) in [6.07, 6.45) is -0.310. The van der Waals surface area contributed by atoms with Crippen molar-refractivity contribution in [2.45, 2.75) is 9.79 Å². The molecule has 11 nitrogen and oxygen atoms in total. The zero-order valence-corrected chi connectivity index (χ0v) is 10.8. The summed E-state index contributed by atoms with van der Waals surface area (Å²) >= 11 is 0. The van der Waals surface area contributed by atoms with Gasteiger partial charge in [-0.25, -0.2) is 0 Å². The second kappa shape index (κ2) is 4.78. The Morgan fingerprint density at radius 3 is 1.95 bits per heavy atom. The van der Waals surface area contributed by atoms with Crippen LogP contribution in [0.2, 0.25) is 0 Å². The number of nitro benzene ring substituents is 1. The first-order valence-corrected chi connectivity index (χ1v) is 7.23. The topological polar surface area (TPSA) is 189 Å². The molecule has 0 spiro atoms. The Morgan fingerprint density at radius 2 is 1.65 bits per heavy atom. The minimum atomic E-state index is -5.39. The van der Waals surface area contributed by atoms with Crippen LogP contribution in [0.25, 0.3) is 0 Å². The maximum Gasteiger partial charge on any atom is 0.299 e. The molecular formula is C7H5NO10S2. The predicted molar refractivity (Wildman–Crippen MR) is 59.8 cm³/mol. The van der Waals surface area contributed by atoms with E-state index in [0.717, 1.165) is 0 Å². The van der Waals surface area contributed by atoms with Crippen molar-refractivity contribution in [1.82, 2.24) is 0 Å². The highest BCUT2D eigenvalue weighted by Gasteiger charge is 2.34. The molecule has 0 aromatic heterocycles. The molecule has 3 N–H and O–H groups in total. The summed E-state index contributed by atoms with van der Waals surface area (Å²) in [5.74, 6) is -1.66. The highest BCUT2D eigenvalue weighted by Crippen LogP contribution is 2.37. The smallest absolute Gasteiger partial charge is 0.299 e. The van der Waals surface area contributed by atoms with Gasteiger partial charge in [-0.3, -0.25) is 24.0 Å². The van der Waals surface area contributed by atoms with E-state index in [0.29, 0.717) is 0 Å². The summed E-state index contributed by atoms with van der Waals surface area (Å²) in [6.45, 7) is 0. The lowest BCUT2D eigenvalue weighted by Crippen LogP contribution is -2.11. The van der Waals surface area contributed by atoms with Crippen molar-refractivity contribution in [3.05, 3.63) is 21.7 Å². The minimum absolute atomic E-state index is 0.0297. The summed E-state index contributed by atoms with van der Waals surface area (Å²) in [5.41, 5.74) is -2.44. The zero-order valence-electron chi connectivity index (χ0n) is 9.12. The van der Waals surface area contributed by atoms with Crippen LogP contribution < -0.4 is 0 Å². The number of hydrogen-bond acceptors (Lipinski definition) is 8. The highest BCUT2D eigenvalue weighted by atomic mass is 32.2. The van der Waals surface area contributed by atoms with Crippen molar-refractivity contribution in [2.24, 2.45) is 0 Å². The van der Waals surface area contributed by atoms with Crippen molar-refractivity contribution in [3.8, 4) is 5.75 Å². The third-order valence-electron chi connectivity index (χ3n) is 2.09. The van der Waals surface area contributed by atoms with Crippen LogP contribution in [-0.4, -0.2) is 42.3 Å². The monoisotopic (exact) mass is 327 g/mol. The van der Waals surface area contributed by atoms with Gasteiger partial charge in [-0.05, 0) is 0 Å². The minimum Gasteiger partial charge on any atom is -0.505 e. The molecule has 13 heteroatoms. The molecule has 0 heterocycles. The third kappa shape index (κ3) is 2.74. The lowest BCUT2D eigenvalue weighted by atomic mass is 10.2. The molecule has 0 saturated carbocycles. The quantitative estimate of drug-likeness (QED) is 0.284. The first-order valence-electron chi connectivity index (χ1n) is 4.35. The van der Waals surface area contributed by atoms with Crippen molar-refractivity contribution in [3.63, 3.8) is 0 Å². The Hall–Kier alpha value is -2.09. The van der Waals surface area contributed by atoms with Gasteiger partial charge in [0.1, 0.15) is 10.5 Å². The number of aldehydes is 1. The fourth-order valence-electron chi connectivity index (χ4n) is 1.34. The van der Waals surface area contributed by atoms with Crippen LogP contribution in [0.5, 0.6) is 5.75 Å². The Balaban J connectivity index is 4.14. The number of phenolic OH excluding ortho intramolecular Hbond substituents is 1. The van der Waals surface area contributed by atoms with Gasteiger partial charge in [-0.15, -0.1) is 0 Å². The molecule has 0 fully saturated rings. The molecule has 0 bridgehead atoms. The maximum absolute atomic E-state index is 11.0. The van der Waals surface area contributed by atoms with E-state index in [9.17, 15) is 36.9 Å². The van der Waals surface area contributed by atoms with Gasteiger partial charge in [0.05, 0.1) is 4.92 Å². The maximum atomic E-state index is 11.0. The van der Waals surface area contributed by atoms with E-state index in [1.807, 2.05) is 0 Å².